The van der Waals surface area contributed by atoms with Crippen LogP contribution in [0.5, 0.6) is 11.5 Å². The summed E-state index contributed by atoms with van der Waals surface area (Å²) in [5, 5.41) is 0. The van der Waals surface area contributed by atoms with Gasteiger partial charge in [0.25, 0.3) is 6.43 Å². The van der Waals surface area contributed by atoms with E-state index in [0.29, 0.717) is 0 Å². The summed E-state index contributed by atoms with van der Waals surface area (Å²) in [5.41, 5.74) is -0.636. The molecule has 0 aliphatic rings. The molecule has 2 aromatic carbocycles. The summed E-state index contributed by atoms with van der Waals surface area (Å²) in [6.45, 7) is 1.07. The molecule has 0 aromatic heterocycles. The van der Waals surface area contributed by atoms with E-state index >= 15 is 0 Å². The van der Waals surface area contributed by atoms with Crippen molar-refractivity contribution in [3.8, 4) is 11.5 Å². The smallest absolute Gasteiger partial charge is 0.310 e. The predicted octanol–water partition coefficient (Wildman–Crippen LogP) is 4.80. The van der Waals surface area contributed by atoms with Crippen molar-refractivity contribution in [2.45, 2.75) is 26.4 Å². The standard InChI is InChI=1S/C17H14F4O3/c1-2-16(22)24-14-5-3-4-13(19)12(14)9-23-15-8-10(18)6-7-11(15)17(20)21/h3-8,17H,2,9H2,1H3. The number of esters is 1. The third-order valence-corrected chi connectivity index (χ3v) is 3.17. The van der Waals surface area contributed by atoms with E-state index in [1.807, 2.05) is 0 Å². The van der Waals surface area contributed by atoms with E-state index in [-0.39, 0.29) is 17.7 Å². The van der Waals surface area contributed by atoms with Crippen LogP contribution in [-0.2, 0) is 11.4 Å². The normalized spacial score (nSPS) is 10.8. The molecule has 0 amide bonds. The number of carbonyl (C=O) groups is 1. The van der Waals surface area contributed by atoms with Crippen molar-refractivity contribution in [1.82, 2.24) is 0 Å². The van der Waals surface area contributed by atoms with Crippen molar-refractivity contribution in [2.24, 2.45) is 0 Å². The molecule has 2 rings (SSSR count). The molecule has 0 saturated heterocycles. The molecule has 3 nitrogen and oxygen atoms in total. The molecule has 0 bridgehead atoms. The molecule has 0 fully saturated rings. The van der Waals surface area contributed by atoms with Gasteiger partial charge in [-0.25, -0.2) is 17.6 Å². The van der Waals surface area contributed by atoms with Gasteiger partial charge in [-0.2, -0.15) is 0 Å². The van der Waals surface area contributed by atoms with Crippen LogP contribution >= 0.6 is 0 Å². The maximum Gasteiger partial charge on any atom is 0.310 e. The van der Waals surface area contributed by atoms with Crippen molar-refractivity contribution in [2.75, 3.05) is 0 Å². The Morgan fingerprint density at radius 3 is 2.54 bits per heavy atom. The van der Waals surface area contributed by atoms with Crippen LogP contribution in [-0.4, -0.2) is 5.97 Å². The van der Waals surface area contributed by atoms with Crippen LogP contribution in [0.3, 0.4) is 0 Å². The fourth-order valence-electron chi connectivity index (χ4n) is 1.93. The van der Waals surface area contributed by atoms with Crippen molar-refractivity contribution < 1.29 is 31.8 Å². The SMILES string of the molecule is CCC(=O)Oc1cccc(F)c1COc1cc(F)ccc1C(F)F. The van der Waals surface area contributed by atoms with E-state index in [1.165, 1.54) is 12.1 Å². The van der Waals surface area contributed by atoms with E-state index in [1.54, 1.807) is 6.92 Å². The van der Waals surface area contributed by atoms with Crippen molar-refractivity contribution >= 4 is 5.97 Å². The monoisotopic (exact) mass is 342 g/mol. The van der Waals surface area contributed by atoms with Crippen LogP contribution in [0.25, 0.3) is 0 Å². The zero-order valence-electron chi connectivity index (χ0n) is 12.7. The lowest BCUT2D eigenvalue weighted by Gasteiger charge is -2.14. The average Bonchev–Trinajstić information content (AvgIpc) is 2.54. The summed E-state index contributed by atoms with van der Waals surface area (Å²) >= 11 is 0. The first-order chi connectivity index (χ1) is 11.4. The number of rotatable bonds is 6. The number of carbonyl (C=O) groups excluding carboxylic acids is 1. The molecule has 0 heterocycles. The van der Waals surface area contributed by atoms with E-state index < -0.39 is 41.9 Å². The van der Waals surface area contributed by atoms with Crippen LogP contribution in [0.15, 0.2) is 36.4 Å². The van der Waals surface area contributed by atoms with Gasteiger partial charge in [0.1, 0.15) is 29.7 Å². The minimum atomic E-state index is -2.88. The Bertz CT molecular complexity index is 732. The molecule has 0 radical (unpaired) electrons. The third kappa shape index (κ3) is 4.24. The number of ether oxygens (including phenoxy) is 2. The highest BCUT2D eigenvalue weighted by Crippen LogP contribution is 2.31. The average molecular weight is 342 g/mol. The minimum absolute atomic E-state index is 0.0724. The quantitative estimate of drug-likeness (QED) is 0.430. The molecule has 0 aliphatic carbocycles. The second-order valence-electron chi connectivity index (χ2n) is 4.82. The fraction of sp³-hybridized carbons (Fsp3) is 0.235. The van der Waals surface area contributed by atoms with Crippen molar-refractivity contribution in [3.63, 3.8) is 0 Å². The molecule has 128 valence electrons. The Kier molecular flexibility index (Phi) is 5.78. The van der Waals surface area contributed by atoms with Crippen LogP contribution in [0.2, 0.25) is 0 Å². The first-order valence-corrected chi connectivity index (χ1v) is 7.10. The molecule has 2 aromatic rings. The highest BCUT2D eigenvalue weighted by Gasteiger charge is 2.18. The number of hydrogen-bond donors (Lipinski definition) is 0. The summed E-state index contributed by atoms with van der Waals surface area (Å²) in [4.78, 5) is 11.4. The topological polar surface area (TPSA) is 35.5 Å². The Labute approximate surface area is 135 Å². The number of hydrogen-bond acceptors (Lipinski definition) is 3. The van der Waals surface area contributed by atoms with Crippen LogP contribution in [0.1, 0.15) is 30.9 Å². The van der Waals surface area contributed by atoms with Gasteiger partial charge in [0.2, 0.25) is 0 Å². The lowest BCUT2D eigenvalue weighted by atomic mass is 10.2. The Hall–Kier alpha value is -2.57. The van der Waals surface area contributed by atoms with Gasteiger partial charge in [-0.1, -0.05) is 13.0 Å². The van der Waals surface area contributed by atoms with E-state index in [9.17, 15) is 22.4 Å². The van der Waals surface area contributed by atoms with Crippen molar-refractivity contribution in [3.05, 3.63) is 59.2 Å². The van der Waals surface area contributed by atoms with Crippen LogP contribution in [0.4, 0.5) is 17.6 Å². The second kappa shape index (κ2) is 7.81. The highest BCUT2D eigenvalue weighted by molar-refractivity contribution is 5.72. The van der Waals surface area contributed by atoms with Gasteiger partial charge in [-0.15, -0.1) is 0 Å². The van der Waals surface area contributed by atoms with E-state index in [4.69, 9.17) is 9.47 Å². The molecule has 0 saturated carbocycles. The van der Waals surface area contributed by atoms with Crippen molar-refractivity contribution in [1.29, 1.82) is 0 Å². The zero-order chi connectivity index (χ0) is 17.7. The zero-order valence-corrected chi connectivity index (χ0v) is 12.7. The predicted molar refractivity (Wildman–Crippen MR) is 78.0 cm³/mol. The molecular weight excluding hydrogens is 328 g/mol. The number of benzene rings is 2. The summed E-state index contributed by atoms with van der Waals surface area (Å²) in [7, 11) is 0. The fourth-order valence-corrected chi connectivity index (χ4v) is 1.93. The first kappa shape index (κ1) is 17.8. The van der Waals surface area contributed by atoms with Gasteiger partial charge < -0.3 is 9.47 Å². The second-order valence-corrected chi connectivity index (χ2v) is 4.82. The lowest BCUT2D eigenvalue weighted by Crippen LogP contribution is -2.10. The Morgan fingerprint density at radius 2 is 1.88 bits per heavy atom. The van der Waals surface area contributed by atoms with Gasteiger partial charge in [-0.3, -0.25) is 4.79 Å². The summed E-state index contributed by atoms with van der Waals surface area (Å²) < 4.78 is 63.2. The molecule has 0 N–H and O–H groups in total. The van der Waals surface area contributed by atoms with Crippen LogP contribution < -0.4 is 9.47 Å². The van der Waals surface area contributed by atoms with Gasteiger partial charge >= 0.3 is 5.97 Å². The molecule has 0 aliphatic heterocycles. The molecule has 7 heteroatoms. The highest BCUT2D eigenvalue weighted by atomic mass is 19.3. The third-order valence-electron chi connectivity index (χ3n) is 3.17. The maximum atomic E-state index is 14.0. The van der Waals surface area contributed by atoms with Gasteiger partial charge in [0.15, 0.2) is 0 Å². The van der Waals surface area contributed by atoms with Gasteiger partial charge in [0.05, 0.1) is 11.1 Å². The summed E-state index contributed by atoms with van der Waals surface area (Å²) in [6.07, 6.45) is -2.80. The largest absolute Gasteiger partial charge is 0.488 e. The van der Waals surface area contributed by atoms with Crippen LogP contribution in [0, 0.1) is 11.6 Å². The first-order valence-electron chi connectivity index (χ1n) is 7.10. The number of halogens is 4. The molecule has 0 spiro atoms. The van der Waals surface area contributed by atoms with E-state index in [2.05, 4.69) is 0 Å². The molecule has 0 atom stereocenters. The Balaban J connectivity index is 2.26. The maximum absolute atomic E-state index is 14.0. The Morgan fingerprint density at radius 1 is 1.12 bits per heavy atom. The van der Waals surface area contributed by atoms with Gasteiger partial charge in [-0.05, 0) is 24.3 Å². The minimum Gasteiger partial charge on any atom is -0.488 e. The van der Waals surface area contributed by atoms with Gasteiger partial charge in [0, 0.05) is 12.5 Å². The molecule has 24 heavy (non-hydrogen) atoms. The number of alkyl halides is 2. The summed E-state index contributed by atoms with van der Waals surface area (Å²) in [5.74, 6) is -2.55. The molecular formula is C17H14F4O3. The summed E-state index contributed by atoms with van der Waals surface area (Å²) in [6, 6.07) is 6.38. The van der Waals surface area contributed by atoms with E-state index in [0.717, 1.165) is 24.3 Å². The lowest BCUT2D eigenvalue weighted by molar-refractivity contribution is -0.134. The molecule has 0 unspecified atom stereocenters.